The molecule has 0 heterocycles. The van der Waals surface area contributed by atoms with Crippen LogP contribution < -0.4 is 11.5 Å². The van der Waals surface area contributed by atoms with Crippen LogP contribution in [-0.4, -0.2) is 0 Å². The number of hydrogen-bond acceptors (Lipinski definition) is 2. The first-order valence-electron chi connectivity index (χ1n) is 8.05. The van der Waals surface area contributed by atoms with E-state index in [2.05, 4.69) is 5.73 Å². The van der Waals surface area contributed by atoms with Crippen LogP contribution in [0, 0.1) is 0 Å². The zero-order valence-electron chi connectivity index (χ0n) is 15.7. The highest BCUT2D eigenvalue weighted by Crippen LogP contribution is 2.44. The summed E-state index contributed by atoms with van der Waals surface area (Å²) in [7, 11) is 0. The second kappa shape index (κ2) is 8.98. The van der Waals surface area contributed by atoms with Gasteiger partial charge >= 0.3 is 30.9 Å². The summed E-state index contributed by atoms with van der Waals surface area (Å²) in [4.78, 5) is 0. The molecule has 2 nitrogen and oxygen atoms in total. The van der Waals surface area contributed by atoms with Crippen LogP contribution in [0.1, 0.15) is 27.8 Å². The predicted molar refractivity (Wildman–Crippen MR) is 86.7 cm³/mol. The number of hydrogen-bond donors (Lipinski definition) is 2. The van der Waals surface area contributed by atoms with E-state index in [9.17, 15) is 65.9 Å². The van der Waals surface area contributed by atoms with Gasteiger partial charge in [0.15, 0.2) is 0 Å². The molecule has 192 valence electrons. The quantitative estimate of drug-likeness (QED) is 0.274. The molecule has 0 aromatic heterocycles. The van der Waals surface area contributed by atoms with Crippen molar-refractivity contribution in [1.82, 2.24) is 0 Å². The van der Waals surface area contributed by atoms with Crippen molar-refractivity contribution in [3.8, 4) is 0 Å². The highest BCUT2D eigenvalue weighted by atomic mass is 19.4. The van der Waals surface area contributed by atoms with Crippen LogP contribution in [0.3, 0.4) is 0 Å². The normalized spacial score (nSPS) is 13.4. The van der Waals surface area contributed by atoms with Crippen molar-refractivity contribution in [3.63, 3.8) is 0 Å². The Morgan fingerprint density at radius 2 is 0.647 bits per heavy atom. The molecule has 2 aromatic rings. The first-order chi connectivity index (χ1) is 14.8. The van der Waals surface area contributed by atoms with Gasteiger partial charge in [0.25, 0.3) is 0 Å². The maximum atomic E-state index is 12.4. The van der Waals surface area contributed by atoms with Gasteiger partial charge in [-0.05, 0) is 30.3 Å². The van der Waals surface area contributed by atoms with E-state index >= 15 is 0 Å². The van der Waals surface area contributed by atoms with Crippen LogP contribution in [0.4, 0.5) is 77.2 Å². The first-order valence-corrected chi connectivity index (χ1v) is 8.05. The van der Waals surface area contributed by atoms with E-state index in [4.69, 9.17) is 5.73 Å². The van der Waals surface area contributed by atoms with E-state index in [1.54, 1.807) is 0 Å². The van der Waals surface area contributed by atoms with E-state index < -0.39 is 82.2 Å². The molecule has 0 bridgehead atoms. The molecule has 0 amide bonds. The van der Waals surface area contributed by atoms with Crippen LogP contribution >= 0.6 is 0 Å². The molecular formula is C17H9F15N2. The van der Waals surface area contributed by atoms with E-state index in [0.29, 0.717) is 12.1 Å². The van der Waals surface area contributed by atoms with Crippen molar-refractivity contribution in [2.75, 3.05) is 11.5 Å². The average molecular weight is 526 g/mol. The minimum atomic E-state index is -5.43. The Balaban J connectivity index is 0.000000350. The molecule has 0 aliphatic carbocycles. The number of benzene rings is 2. The van der Waals surface area contributed by atoms with Gasteiger partial charge in [0, 0.05) is 5.69 Å². The van der Waals surface area contributed by atoms with Gasteiger partial charge in [0.1, 0.15) is 0 Å². The molecule has 34 heavy (non-hydrogen) atoms. The minimum absolute atomic E-state index is 0.0242. The molecule has 2 aromatic carbocycles. The van der Waals surface area contributed by atoms with Crippen molar-refractivity contribution in [1.29, 1.82) is 0 Å². The molecule has 0 aliphatic heterocycles. The monoisotopic (exact) mass is 526 g/mol. The minimum Gasteiger partial charge on any atom is -0.399 e. The van der Waals surface area contributed by atoms with Gasteiger partial charge in [-0.2, -0.15) is 65.9 Å². The summed E-state index contributed by atoms with van der Waals surface area (Å²) in [6, 6.07) is 0.0238. The van der Waals surface area contributed by atoms with Crippen LogP contribution in [0.2, 0.25) is 0 Å². The lowest BCUT2D eigenvalue weighted by Gasteiger charge is -2.18. The van der Waals surface area contributed by atoms with Crippen molar-refractivity contribution < 1.29 is 65.9 Å². The van der Waals surface area contributed by atoms with Gasteiger partial charge in [-0.25, -0.2) is 0 Å². The second-order valence-corrected chi connectivity index (χ2v) is 6.32. The Kier molecular flexibility index (Phi) is 7.66. The number of nitrogen functional groups attached to an aromatic ring is 2. The lowest BCUT2D eigenvalue weighted by molar-refractivity contribution is -0.148. The van der Waals surface area contributed by atoms with Crippen molar-refractivity contribution in [2.24, 2.45) is 0 Å². The molecule has 0 radical (unpaired) electrons. The first kappa shape index (κ1) is 29.0. The fourth-order valence-electron chi connectivity index (χ4n) is 2.26. The summed E-state index contributed by atoms with van der Waals surface area (Å²) in [5.74, 6) is 0. The van der Waals surface area contributed by atoms with Crippen LogP contribution in [-0.2, 0) is 30.9 Å². The largest absolute Gasteiger partial charge is 0.418 e. The number of halogens is 15. The highest BCUT2D eigenvalue weighted by molar-refractivity contribution is 5.58. The molecule has 2 rings (SSSR count). The fourth-order valence-corrected chi connectivity index (χ4v) is 2.26. The molecule has 0 spiro atoms. The Bertz CT molecular complexity index is 941. The lowest BCUT2D eigenvalue weighted by Crippen LogP contribution is -2.19. The maximum absolute atomic E-state index is 12.4. The molecule has 0 aliphatic rings. The van der Waals surface area contributed by atoms with Gasteiger partial charge < -0.3 is 11.5 Å². The van der Waals surface area contributed by atoms with Crippen molar-refractivity contribution in [2.45, 2.75) is 30.9 Å². The molecule has 0 unspecified atom stereocenters. The summed E-state index contributed by atoms with van der Waals surface area (Å²) < 4.78 is 184. The third kappa shape index (κ3) is 7.51. The molecule has 0 saturated carbocycles. The van der Waals surface area contributed by atoms with Gasteiger partial charge in [0.05, 0.1) is 33.5 Å². The molecular weight excluding hydrogens is 517 g/mol. The molecule has 0 atom stereocenters. The summed E-state index contributed by atoms with van der Waals surface area (Å²) in [5.41, 5.74) is -1.97. The SMILES string of the molecule is Nc1c(C(F)(F)F)cc(C(F)(F)F)cc1C(F)(F)F.Nc1cc(C(F)(F)F)cc(C(F)(F)F)c1. The summed E-state index contributed by atoms with van der Waals surface area (Å²) in [6.07, 6.45) is -25.9. The fraction of sp³-hybridized carbons (Fsp3) is 0.294. The number of rotatable bonds is 0. The van der Waals surface area contributed by atoms with Crippen molar-refractivity contribution in [3.05, 3.63) is 58.1 Å². The van der Waals surface area contributed by atoms with Gasteiger partial charge in [-0.15, -0.1) is 0 Å². The third-order valence-electron chi connectivity index (χ3n) is 3.73. The number of nitrogens with two attached hydrogens (primary N) is 2. The zero-order valence-corrected chi connectivity index (χ0v) is 15.7. The van der Waals surface area contributed by atoms with Gasteiger partial charge in [-0.1, -0.05) is 0 Å². The predicted octanol–water partition coefficient (Wildman–Crippen LogP) is 7.63. The zero-order chi connectivity index (χ0) is 27.1. The topological polar surface area (TPSA) is 52.0 Å². The van der Waals surface area contributed by atoms with E-state index in [-0.39, 0.29) is 6.07 Å². The van der Waals surface area contributed by atoms with E-state index in [1.165, 1.54) is 0 Å². The third-order valence-corrected chi connectivity index (χ3v) is 3.73. The molecule has 0 saturated heterocycles. The lowest BCUT2D eigenvalue weighted by atomic mass is 10.0. The summed E-state index contributed by atoms with van der Waals surface area (Å²) >= 11 is 0. The van der Waals surface area contributed by atoms with Gasteiger partial charge in [-0.3, -0.25) is 0 Å². The van der Waals surface area contributed by atoms with E-state index in [1.807, 2.05) is 0 Å². The smallest absolute Gasteiger partial charge is 0.399 e. The number of alkyl halides is 15. The standard InChI is InChI=1S/C9H4F9N.C8H5F6N/c10-7(11,12)3-1-4(8(13,14)15)6(19)5(2-3)9(16,17)18;9-7(10,11)4-1-5(8(12,13)14)3-6(15)2-4/h1-2H,19H2;1-3H,15H2. The Morgan fingerprint density at radius 3 is 0.882 bits per heavy atom. The Morgan fingerprint density at radius 1 is 0.382 bits per heavy atom. The van der Waals surface area contributed by atoms with Gasteiger partial charge in [0.2, 0.25) is 0 Å². The Hall–Kier alpha value is -3.01. The molecule has 0 fully saturated rings. The summed E-state index contributed by atoms with van der Waals surface area (Å²) in [5, 5.41) is 0. The number of anilines is 2. The Labute approximate surface area is 178 Å². The molecule has 17 heteroatoms. The maximum Gasteiger partial charge on any atom is 0.418 e. The average Bonchev–Trinajstić information content (AvgIpc) is 2.57. The summed E-state index contributed by atoms with van der Waals surface area (Å²) in [6.45, 7) is 0. The van der Waals surface area contributed by atoms with Crippen LogP contribution in [0.25, 0.3) is 0 Å². The molecule has 4 N–H and O–H groups in total. The second-order valence-electron chi connectivity index (χ2n) is 6.32. The van der Waals surface area contributed by atoms with Crippen LogP contribution in [0.15, 0.2) is 30.3 Å². The van der Waals surface area contributed by atoms with E-state index in [0.717, 1.165) is 0 Å². The van der Waals surface area contributed by atoms with Crippen LogP contribution in [0.5, 0.6) is 0 Å². The highest BCUT2D eigenvalue weighted by Gasteiger charge is 2.44. The van der Waals surface area contributed by atoms with Crippen molar-refractivity contribution >= 4 is 11.4 Å².